The highest BCUT2D eigenvalue weighted by Gasteiger charge is 2.40. The molecule has 1 saturated heterocycles. The zero-order valence-electron chi connectivity index (χ0n) is 12.5. The molecule has 1 N–H and O–H groups in total. The first kappa shape index (κ1) is 13.9. The summed E-state index contributed by atoms with van der Waals surface area (Å²) in [6.07, 6.45) is 5.74. The lowest BCUT2D eigenvalue weighted by atomic mass is 9.97. The lowest BCUT2D eigenvalue weighted by Gasteiger charge is -2.34. The molecule has 2 aromatic rings. The molecule has 0 aliphatic carbocycles. The van der Waals surface area contributed by atoms with Gasteiger partial charge in [0.05, 0.1) is 5.54 Å². The van der Waals surface area contributed by atoms with Crippen LogP contribution in [-0.2, 0) is 12.1 Å². The van der Waals surface area contributed by atoms with Crippen LogP contribution in [0.2, 0.25) is 0 Å². The number of aryl methyl sites for hydroxylation is 1. The van der Waals surface area contributed by atoms with Crippen LogP contribution >= 0.6 is 0 Å². The Labute approximate surface area is 124 Å². The highest BCUT2D eigenvalue weighted by Crippen LogP contribution is 2.37. The summed E-state index contributed by atoms with van der Waals surface area (Å²) in [6.45, 7) is 5.89. The molecule has 5 nitrogen and oxygen atoms in total. The minimum absolute atomic E-state index is 0.0745. The molecular formula is C16H20N4O. The van der Waals surface area contributed by atoms with Crippen LogP contribution in [0.25, 0.3) is 0 Å². The number of pyridine rings is 1. The van der Waals surface area contributed by atoms with Gasteiger partial charge in [0.1, 0.15) is 5.82 Å². The Morgan fingerprint density at radius 3 is 2.86 bits per heavy atom. The molecule has 0 amide bonds. The minimum Gasteiger partial charge on any atom is -0.309 e. The van der Waals surface area contributed by atoms with Gasteiger partial charge in [0, 0.05) is 30.7 Å². The topological polar surface area (TPSA) is 61.9 Å². The molecular weight excluding hydrogens is 264 g/mol. The zero-order valence-corrected chi connectivity index (χ0v) is 12.5. The van der Waals surface area contributed by atoms with Crippen LogP contribution in [-0.4, -0.2) is 26.4 Å². The molecule has 1 aliphatic rings. The van der Waals surface area contributed by atoms with Gasteiger partial charge in [-0.15, -0.1) is 0 Å². The molecule has 0 radical (unpaired) electrons. The third kappa shape index (κ3) is 2.74. The quantitative estimate of drug-likeness (QED) is 0.936. The van der Waals surface area contributed by atoms with E-state index in [0.29, 0.717) is 0 Å². The van der Waals surface area contributed by atoms with Gasteiger partial charge in [-0.25, -0.2) is 4.98 Å². The number of rotatable bonds is 3. The Balaban J connectivity index is 1.93. The van der Waals surface area contributed by atoms with Crippen molar-refractivity contribution >= 4 is 0 Å². The third-order valence-corrected chi connectivity index (χ3v) is 4.29. The van der Waals surface area contributed by atoms with Crippen molar-refractivity contribution in [3.63, 3.8) is 0 Å². The number of hydrogen-bond donors (Lipinski definition) is 1. The van der Waals surface area contributed by atoms with Gasteiger partial charge in [-0.2, -0.15) is 0 Å². The van der Waals surface area contributed by atoms with Crippen molar-refractivity contribution in [2.45, 2.75) is 38.8 Å². The number of aromatic amines is 1. The Kier molecular flexibility index (Phi) is 3.59. The van der Waals surface area contributed by atoms with Crippen LogP contribution in [0.4, 0.5) is 0 Å². The number of likely N-dealkylation sites (tertiary alicyclic amines) is 1. The highest BCUT2D eigenvalue weighted by atomic mass is 16.1. The smallest absolute Gasteiger partial charge is 0.251 e. The molecule has 1 fully saturated rings. The van der Waals surface area contributed by atoms with Crippen molar-refractivity contribution in [2.24, 2.45) is 0 Å². The molecule has 2 aromatic heterocycles. The summed E-state index contributed by atoms with van der Waals surface area (Å²) < 4.78 is 0. The van der Waals surface area contributed by atoms with E-state index >= 15 is 0 Å². The number of nitrogens with zero attached hydrogens (tertiary/aromatic N) is 3. The molecule has 0 aromatic carbocycles. The van der Waals surface area contributed by atoms with Crippen molar-refractivity contribution in [1.29, 1.82) is 0 Å². The van der Waals surface area contributed by atoms with Crippen molar-refractivity contribution < 1.29 is 0 Å². The second kappa shape index (κ2) is 5.41. The summed E-state index contributed by atoms with van der Waals surface area (Å²) in [5, 5.41) is 0. The standard InChI is InChI=1S/C16H20N4O/c1-12-10-14(21)19-15(18-12)16(2)6-3-9-20(16)11-13-4-7-17-8-5-13/h4-5,7-8,10H,3,6,9,11H2,1-2H3,(H,18,19,21)/t16-/m1/s1. The van der Waals surface area contributed by atoms with Crippen molar-refractivity contribution in [3.05, 3.63) is 58.0 Å². The molecule has 3 rings (SSSR count). The van der Waals surface area contributed by atoms with Crippen LogP contribution in [0.1, 0.15) is 36.8 Å². The van der Waals surface area contributed by atoms with Crippen LogP contribution in [0.5, 0.6) is 0 Å². The van der Waals surface area contributed by atoms with Gasteiger partial charge >= 0.3 is 0 Å². The van der Waals surface area contributed by atoms with Gasteiger partial charge in [-0.3, -0.25) is 14.7 Å². The monoisotopic (exact) mass is 284 g/mol. The summed E-state index contributed by atoms with van der Waals surface area (Å²) in [7, 11) is 0. The maximum absolute atomic E-state index is 11.8. The van der Waals surface area contributed by atoms with Crippen LogP contribution in [0.15, 0.2) is 35.4 Å². The second-order valence-electron chi connectivity index (χ2n) is 5.89. The maximum atomic E-state index is 11.8. The molecule has 110 valence electrons. The van der Waals surface area contributed by atoms with Gasteiger partial charge < -0.3 is 4.98 Å². The van der Waals surface area contributed by atoms with Crippen molar-refractivity contribution in [3.8, 4) is 0 Å². The average molecular weight is 284 g/mol. The molecule has 0 spiro atoms. The lowest BCUT2D eigenvalue weighted by molar-refractivity contribution is 0.137. The van der Waals surface area contributed by atoms with E-state index in [1.165, 1.54) is 11.6 Å². The predicted octanol–water partition coefficient (Wildman–Crippen LogP) is 1.98. The first-order chi connectivity index (χ1) is 10.1. The number of aromatic nitrogens is 3. The third-order valence-electron chi connectivity index (χ3n) is 4.29. The van der Waals surface area contributed by atoms with Crippen molar-refractivity contribution in [1.82, 2.24) is 19.9 Å². The first-order valence-corrected chi connectivity index (χ1v) is 7.30. The number of nitrogens with one attached hydrogen (secondary N) is 1. The van der Waals surface area contributed by atoms with Gasteiger partial charge in [0.2, 0.25) is 0 Å². The fraction of sp³-hybridized carbons (Fsp3) is 0.438. The SMILES string of the molecule is Cc1cc(=O)[nH]c([C@@]2(C)CCCN2Cc2ccncc2)n1. The van der Waals surface area contributed by atoms with Gasteiger partial charge in [0.15, 0.2) is 0 Å². The fourth-order valence-electron chi connectivity index (χ4n) is 3.08. The maximum Gasteiger partial charge on any atom is 0.251 e. The second-order valence-corrected chi connectivity index (χ2v) is 5.89. The first-order valence-electron chi connectivity index (χ1n) is 7.30. The van der Waals surface area contributed by atoms with Crippen LogP contribution in [0, 0.1) is 6.92 Å². The van der Waals surface area contributed by atoms with E-state index in [1.807, 2.05) is 31.5 Å². The molecule has 1 aliphatic heterocycles. The Hall–Kier alpha value is -2.01. The van der Waals surface area contributed by atoms with E-state index in [9.17, 15) is 4.79 Å². The minimum atomic E-state index is -0.214. The van der Waals surface area contributed by atoms with Crippen LogP contribution in [0.3, 0.4) is 0 Å². The average Bonchev–Trinajstić information content (AvgIpc) is 2.82. The lowest BCUT2D eigenvalue weighted by Crippen LogP contribution is -2.40. The Bertz CT molecular complexity index is 682. The molecule has 3 heterocycles. The molecule has 0 bridgehead atoms. The summed E-state index contributed by atoms with van der Waals surface area (Å²) in [4.78, 5) is 25.7. The molecule has 0 saturated carbocycles. The Morgan fingerprint density at radius 1 is 1.38 bits per heavy atom. The van der Waals surface area contributed by atoms with E-state index in [-0.39, 0.29) is 11.1 Å². The predicted molar refractivity (Wildman–Crippen MR) is 80.8 cm³/mol. The largest absolute Gasteiger partial charge is 0.309 e. The van der Waals surface area contributed by atoms with Crippen molar-refractivity contribution in [2.75, 3.05) is 6.54 Å². The van der Waals surface area contributed by atoms with Gasteiger partial charge in [0.25, 0.3) is 5.56 Å². The summed E-state index contributed by atoms with van der Waals surface area (Å²) >= 11 is 0. The summed E-state index contributed by atoms with van der Waals surface area (Å²) in [5.74, 6) is 0.777. The van der Waals surface area contributed by atoms with E-state index in [1.54, 1.807) is 0 Å². The van der Waals surface area contributed by atoms with Crippen LogP contribution < -0.4 is 5.56 Å². The Morgan fingerprint density at radius 2 is 2.14 bits per heavy atom. The van der Waals surface area contributed by atoms with Gasteiger partial charge in [-0.05, 0) is 50.9 Å². The molecule has 1 atom stereocenters. The van der Waals surface area contributed by atoms with E-state index in [0.717, 1.165) is 37.4 Å². The molecule has 5 heteroatoms. The van der Waals surface area contributed by atoms with E-state index in [4.69, 9.17) is 0 Å². The summed E-state index contributed by atoms with van der Waals surface area (Å²) in [6, 6.07) is 5.60. The van der Waals surface area contributed by atoms with Gasteiger partial charge in [-0.1, -0.05) is 0 Å². The number of H-pyrrole nitrogens is 1. The number of hydrogen-bond acceptors (Lipinski definition) is 4. The highest BCUT2D eigenvalue weighted by molar-refractivity contribution is 5.15. The fourth-order valence-corrected chi connectivity index (χ4v) is 3.08. The zero-order chi connectivity index (χ0) is 14.9. The summed E-state index contributed by atoms with van der Waals surface area (Å²) in [5.41, 5.74) is 1.71. The normalized spacial score (nSPS) is 22.6. The van der Waals surface area contributed by atoms with E-state index in [2.05, 4.69) is 26.8 Å². The van der Waals surface area contributed by atoms with E-state index < -0.39 is 0 Å². The molecule has 0 unspecified atom stereocenters. The molecule has 21 heavy (non-hydrogen) atoms.